The van der Waals surface area contributed by atoms with Crippen molar-refractivity contribution in [3.8, 4) is 17.2 Å². The van der Waals surface area contributed by atoms with Crippen LogP contribution in [0.25, 0.3) is 5.69 Å². The third-order valence-corrected chi connectivity index (χ3v) is 8.27. The molecule has 2 atom stereocenters. The van der Waals surface area contributed by atoms with Crippen LogP contribution in [0.15, 0.2) is 63.7 Å². The maximum Gasteiger partial charge on any atom is 0.415 e. The molecule has 3 aliphatic heterocycles. The van der Waals surface area contributed by atoms with Crippen LogP contribution in [0.1, 0.15) is 55.6 Å². The lowest BCUT2D eigenvalue weighted by molar-refractivity contribution is 0.101. The van der Waals surface area contributed by atoms with Gasteiger partial charge in [0.2, 0.25) is 0 Å². The first-order chi connectivity index (χ1) is 19.6. The number of halogens is 1. The summed E-state index contributed by atoms with van der Waals surface area (Å²) in [6.07, 6.45) is 3.38. The van der Waals surface area contributed by atoms with Crippen molar-refractivity contribution in [1.29, 1.82) is 0 Å². The highest BCUT2D eigenvalue weighted by molar-refractivity contribution is 5.94. The molecule has 1 fully saturated rings. The number of ether oxygens (including phenoxy) is 2. The average Bonchev–Trinajstić information content (AvgIpc) is 3.22. The van der Waals surface area contributed by atoms with Crippen LogP contribution < -0.4 is 26.2 Å². The molecule has 1 N–H and O–H groups in total. The third-order valence-electron chi connectivity index (χ3n) is 8.27. The number of nitrogens with zero attached hydrogens (tertiary/aromatic N) is 4. The molecular weight excluding hydrogens is 562 g/mol. The summed E-state index contributed by atoms with van der Waals surface area (Å²) in [5.41, 5.74) is 0.641. The summed E-state index contributed by atoms with van der Waals surface area (Å²) in [6.45, 7) is 7.16. The van der Waals surface area contributed by atoms with E-state index < -0.39 is 29.1 Å². The maximum atomic E-state index is 13.9. The number of rotatable bonds is 4. The molecule has 6 rings (SSSR count). The smallest absolute Gasteiger partial charge is 0.415 e. The van der Waals surface area contributed by atoms with Crippen molar-refractivity contribution in [2.24, 2.45) is 0 Å². The van der Waals surface area contributed by atoms with Crippen LogP contribution in [0.2, 0.25) is 0 Å². The van der Waals surface area contributed by atoms with Crippen molar-refractivity contribution < 1.29 is 19.1 Å². The number of amides is 1. The van der Waals surface area contributed by atoms with Crippen LogP contribution in [0.3, 0.4) is 0 Å². The first-order valence-electron chi connectivity index (χ1n) is 13.8. The number of fused-ring (bicyclic) bond motifs is 5. The van der Waals surface area contributed by atoms with Gasteiger partial charge in [0.15, 0.2) is 5.78 Å². The van der Waals surface area contributed by atoms with Gasteiger partial charge in [-0.15, -0.1) is 12.4 Å². The number of piperidine rings is 1. The quantitative estimate of drug-likeness (QED) is 0.363. The number of hydrogen-bond donors (Lipinski definition) is 1. The van der Waals surface area contributed by atoms with Crippen molar-refractivity contribution in [3.63, 3.8) is 0 Å². The topological polar surface area (TPSA) is 117 Å². The minimum atomic E-state index is -0.795. The molecule has 1 saturated heterocycles. The number of aromatic nitrogens is 3. The molecule has 3 aliphatic rings. The highest BCUT2D eigenvalue weighted by atomic mass is 35.5. The minimum Gasteiger partial charge on any atom is -0.483 e. The number of ketones is 1. The normalized spacial score (nSPS) is 20.0. The van der Waals surface area contributed by atoms with Gasteiger partial charge in [0.05, 0.1) is 12.2 Å². The number of carbonyl (C=O) groups excluding carboxylic acids is 2. The molecule has 2 unspecified atom stereocenters. The van der Waals surface area contributed by atoms with E-state index in [1.54, 1.807) is 54.4 Å². The Morgan fingerprint density at radius 2 is 1.83 bits per heavy atom. The summed E-state index contributed by atoms with van der Waals surface area (Å²) in [5.74, 6) is 0.696. The molecule has 2 aromatic carbocycles. The van der Waals surface area contributed by atoms with Gasteiger partial charge in [-0.25, -0.2) is 28.3 Å². The summed E-state index contributed by atoms with van der Waals surface area (Å²) in [5, 5.41) is 3.30. The Bertz CT molecular complexity index is 1690. The predicted molar refractivity (Wildman–Crippen MR) is 159 cm³/mol. The zero-order valence-corrected chi connectivity index (χ0v) is 24.8. The lowest BCUT2D eigenvalue weighted by Crippen LogP contribution is -2.47. The van der Waals surface area contributed by atoms with Crippen molar-refractivity contribution >= 4 is 24.3 Å². The zero-order chi connectivity index (χ0) is 29.1. The van der Waals surface area contributed by atoms with Crippen LogP contribution in [0.4, 0.5) is 4.79 Å². The van der Waals surface area contributed by atoms with Crippen LogP contribution in [0, 0.1) is 0 Å². The lowest BCUT2D eigenvalue weighted by Gasteiger charge is -2.42. The fourth-order valence-corrected chi connectivity index (χ4v) is 5.99. The lowest BCUT2D eigenvalue weighted by atomic mass is 9.83. The van der Waals surface area contributed by atoms with Crippen molar-refractivity contribution in [1.82, 2.24) is 24.1 Å². The van der Waals surface area contributed by atoms with Gasteiger partial charge in [0.1, 0.15) is 23.1 Å². The van der Waals surface area contributed by atoms with Gasteiger partial charge in [-0.05, 0) is 82.1 Å². The van der Waals surface area contributed by atoms with E-state index in [9.17, 15) is 19.2 Å². The highest BCUT2D eigenvalue weighted by Gasteiger charge is 2.44. The molecule has 42 heavy (non-hydrogen) atoms. The molecule has 0 saturated carbocycles. The fraction of sp³-hybridized carbons (Fsp3) is 0.400. The summed E-state index contributed by atoms with van der Waals surface area (Å²) in [4.78, 5) is 53.6. The fourth-order valence-electron chi connectivity index (χ4n) is 5.99. The first-order valence-corrected chi connectivity index (χ1v) is 13.8. The van der Waals surface area contributed by atoms with Gasteiger partial charge in [-0.3, -0.25) is 4.79 Å². The van der Waals surface area contributed by atoms with Crippen molar-refractivity contribution in [3.05, 3.63) is 86.2 Å². The molecule has 0 spiro atoms. The average molecular weight is 596 g/mol. The Balaban J connectivity index is 0.00000353. The predicted octanol–water partition coefficient (Wildman–Crippen LogP) is 3.31. The van der Waals surface area contributed by atoms with Gasteiger partial charge in [-0.1, -0.05) is 6.08 Å². The second kappa shape index (κ2) is 11.0. The Hall–Kier alpha value is -4.09. The van der Waals surface area contributed by atoms with Gasteiger partial charge in [-0.2, -0.15) is 0 Å². The summed E-state index contributed by atoms with van der Waals surface area (Å²) < 4.78 is 16.1. The Kier molecular flexibility index (Phi) is 7.67. The van der Waals surface area contributed by atoms with Crippen LogP contribution >= 0.6 is 12.4 Å². The molecule has 222 valence electrons. The van der Waals surface area contributed by atoms with Crippen molar-refractivity contribution in [2.75, 3.05) is 20.1 Å². The SMILES string of the molecule is CC(=O)c1ccc(-n2c(=O)n3n(c2=O)C2C(=CC3)C(C)(C)Oc3cc(OC(=O)N(C)C4CCCNC4)ccc32)cc1.Cl. The van der Waals surface area contributed by atoms with Gasteiger partial charge in [0, 0.05) is 36.8 Å². The molecule has 0 aliphatic carbocycles. The molecule has 1 aromatic heterocycles. The molecule has 12 heteroatoms. The first kappa shape index (κ1) is 29.4. The van der Waals surface area contributed by atoms with E-state index >= 15 is 0 Å². The molecule has 0 bridgehead atoms. The Morgan fingerprint density at radius 3 is 2.50 bits per heavy atom. The Morgan fingerprint density at radius 1 is 1.10 bits per heavy atom. The number of nitrogens with one attached hydrogen (secondary N) is 1. The zero-order valence-electron chi connectivity index (χ0n) is 24.0. The molecule has 0 radical (unpaired) electrons. The minimum absolute atomic E-state index is 0. The number of carbonyl (C=O) groups is 2. The third kappa shape index (κ3) is 4.86. The summed E-state index contributed by atoms with van der Waals surface area (Å²) >= 11 is 0. The van der Waals surface area contributed by atoms with E-state index in [1.807, 2.05) is 19.9 Å². The number of hydrogen-bond acceptors (Lipinski definition) is 7. The molecule has 3 aromatic rings. The number of allylic oxidation sites excluding steroid dienone is 1. The Labute approximate surface area is 248 Å². The van der Waals surface area contributed by atoms with Gasteiger partial charge < -0.3 is 19.7 Å². The summed E-state index contributed by atoms with van der Waals surface area (Å²) in [7, 11) is 1.74. The largest absolute Gasteiger partial charge is 0.483 e. The molecule has 1 amide bonds. The van der Waals surface area contributed by atoms with E-state index in [-0.39, 0.29) is 30.8 Å². The van der Waals surface area contributed by atoms with Crippen molar-refractivity contribution in [2.45, 2.75) is 57.8 Å². The van der Waals surface area contributed by atoms with Crippen LogP contribution in [-0.4, -0.2) is 62.5 Å². The van der Waals surface area contributed by atoms with Crippen LogP contribution in [0.5, 0.6) is 11.5 Å². The summed E-state index contributed by atoms with van der Waals surface area (Å²) in [6, 6.07) is 11.0. The number of likely N-dealkylation sites (N-methyl/N-ethyl adjacent to an activating group) is 1. The number of Topliss-reactive ketones (excluding diaryl/α,β-unsaturated/α-hetero) is 1. The number of benzene rings is 2. The standard InChI is InChI=1S/C30H33N5O6.ClH/c1-18(36)19-7-9-20(10-8-19)34-27(37)33-15-13-24-26(35(33)28(34)38)23-12-11-22(16-25(23)41-30(24,2)3)40-29(39)32(4)21-6-5-14-31-17-21;/h7-13,16,21,26,31H,5-6,14-15,17H2,1-4H3;1H. The van der Waals surface area contributed by atoms with E-state index in [1.165, 1.54) is 16.3 Å². The van der Waals surface area contributed by atoms with Gasteiger partial charge in [0.25, 0.3) is 0 Å². The van der Waals surface area contributed by atoms with E-state index in [2.05, 4.69) is 5.32 Å². The molecule has 4 heterocycles. The second-order valence-electron chi connectivity index (χ2n) is 11.3. The highest BCUT2D eigenvalue weighted by Crippen LogP contribution is 2.47. The van der Waals surface area contributed by atoms with E-state index in [4.69, 9.17) is 9.47 Å². The monoisotopic (exact) mass is 595 g/mol. The molecule has 11 nitrogen and oxygen atoms in total. The maximum absolute atomic E-state index is 13.9. The van der Waals surface area contributed by atoms with E-state index in [0.717, 1.165) is 36.1 Å². The van der Waals surface area contributed by atoms with Crippen LogP contribution in [-0.2, 0) is 6.54 Å². The van der Waals surface area contributed by atoms with Gasteiger partial charge >= 0.3 is 17.5 Å². The molecular formula is C30H34ClN5O6. The van der Waals surface area contributed by atoms with E-state index in [0.29, 0.717) is 28.3 Å². The second-order valence-corrected chi connectivity index (χ2v) is 11.3.